The van der Waals surface area contributed by atoms with Crippen LogP contribution in [0.5, 0.6) is 0 Å². The Labute approximate surface area is 330 Å². The highest BCUT2D eigenvalue weighted by atomic mass is 16.8. The van der Waals surface area contributed by atoms with Crippen LogP contribution in [0.15, 0.2) is 23.0 Å². The molecule has 0 saturated carbocycles. The van der Waals surface area contributed by atoms with Crippen molar-refractivity contribution in [2.24, 2.45) is 0 Å². The van der Waals surface area contributed by atoms with Gasteiger partial charge in [0.15, 0.2) is 11.5 Å². The zero-order chi connectivity index (χ0) is 39.0. The van der Waals surface area contributed by atoms with E-state index in [1.54, 1.807) is 0 Å². The van der Waals surface area contributed by atoms with Gasteiger partial charge in [0.25, 0.3) is 0 Å². The Kier molecular flexibility index (Phi) is 39.1. The number of unbranched alkanes of at least 4 members (excludes halogenated alkanes) is 18. The smallest absolute Gasteiger partial charge is 0.223 e. The summed E-state index contributed by atoms with van der Waals surface area (Å²) in [6.45, 7) is 20.7. The van der Waals surface area contributed by atoms with Gasteiger partial charge in [-0.2, -0.15) is 0 Å². The number of hydrogen-bond donors (Lipinski definition) is 0. The number of allylic oxidation sites excluding steroid dienone is 2. The summed E-state index contributed by atoms with van der Waals surface area (Å²) in [5.74, 6) is 3.00. The maximum Gasteiger partial charge on any atom is 0.223 e. The highest BCUT2D eigenvalue weighted by Crippen LogP contribution is 2.29. The van der Waals surface area contributed by atoms with Gasteiger partial charge in [-0.05, 0) is 52.4 Å². The zero-order valence-electron chi connectivity index (χ0n) is 36.6. The molecule has 7 heteroatoms. The van der Waals surface area contributed by atoms with Crippen molar-refractivity contribution in [1.29, 1.82) is 0 Å². The van der Waals surface area contributed by atoms with Crippen LogP contribution in [0.2, 0.25) is 0 Å². The van der Waals surface area contributed by atoms with E-state index < -0.39 is 12.6 Å². The molecule has 0 saturated heterocycles. The molecule has 0 spiro atoms. The first-order valence-electron chi connectivity index (χ1n) is 22.9. The molecule has 0 aromatic rings. The molecular formula is C46H90O7. The van der Waals surface area contributed by atoms with Crippen molar-refractivity contribution in [2.45, 2.75) is 235 Å². The molecule has 0 aromatic carbocycles. The van der Waals surface area contributed by atoms with E-state index in [-0.39, 0.29) is 0 Å². The van der Waals surface area contributed by atoms with Crippen molar-refractivity contribution in [2.75, 3.05) is 39.6 Å². The van der Waals surface area contributed by atoms with Gasteiger partial charge in [0, 0.05) is 26.1 Å². The number of rotatable bonds is 42. The Bertz CT molecular complexity index is 761. The Morgan fingerprint density at radius 1 is 0.321 bits per heavy atom. The lowest BCUT2D eigenvalue weighted by Crippen LogP contribution is -2.33. The maximum absolute atomic E-state index is 6.89. The standard InChI is InChI=1S/C46H90O7/c1-9-17-23-25-27-29-31-33-35-41(49-37-19-11-3)43(51-39-21-13-5)45(47-15-7)53-46(48-16-8)44(52-40-22-14-6)42(50-38-20-12-4)36-34-32-30-28-26-24-18-10-2/h45-46H,9-40H2,1-8H3. The van der Waals surface area contributed by atoms with E-state index in [1.807, 2.05) is 13.8 Å². The Balaban J connectivity index is 6.60. The highest BCUT2D eigenvalue weighted by molar-refractivity contribution is 5.09. The van der Waals surface area contributed by atoms with Gasteiger partial charge in [-0.1, -0.05) is 157 Å². The van der Waals surface area contributed by atoms with Crippen LogP contribution < -0.4 is 0 Å². The van der Waals surface area contributed by atoms with Gasteiger partial charge in [0.2, 0.25) is 12.6 Å². The molecule has 0 N–H and O–H groups in total. The second kappa shape index (κ2) is 40.2. The quantitative estimate of drug-likeness (QED) is 0.0349. The summed E-state index contributed by atoms with van der Waals surface area (Å²) in [7, 11) is 0. The summed E-state index contributed by atoms with van der Waals surface area (Å²) >= 11 is 0. The molecule has 0 radical (unpaired) electrons. The van der Waals surface area contributed by atoms with Crippen LogP contribution >= 0.6 is 0 Å². The Hall–Kier alpha value is -1.44. The van der Waals surface area contributed by atoms with Gasteiger partial charge >= 0.3 is 0 Å². The third-order valence-electron chi connectivity index (χ3n) is 9.44. The molecule has 0 rings (SSSR count). The van der Waals surface area contributed by atoms with Crippen LogP contribution in [-0.2, 0) is 33.2 Å². The van der Waals surface area contributed by atoms with Gasteiger partial charge in [-0.25, -0.2) is 0 Å². The van der Waals surface area contributed by atoms with E-state index in [4.69, 9.17) is 33.2 Å². The van der Waals surface area contributed by atoms with Crippen molar-refractivity contribution < 1.29 is 33.2 Å². The first-order chi connectivity index (χ1) is 26.1. The fraction of sp³-hybridized carbons (Fsp3) is 0.913. The van der Waals surface area contributed by atoms with Gasteiger partial charge in [-0.15, -0.1) is 0 Å². The first kappa shape index (κ1) is 51.6. The van der Waals surface area contributed by atoms with Crippen LogP contribution in [0.1, 0.15) is 222 Å². The molecule has 0 amide bonds. The third kappa shape index (κ3) is 28.6. The van der Waals surface area contributed by atoms with E-state index in [2.05, 4.69) is 41.5 Å². The van der Waals surface area contributed by atoms with Gasteiger partial charge in [0.1, 0.15) is 11.5 Å². The largest absolute Gasteiger partial charge is 0.494 e. The van der Waals surface area contributed by atoms with Crippen molar-refractivity contribution in [1.82, 2.24) is 0 Å². The van der Waals surface area contributed by atoms with Crippen LogP contribution in [-0.4, -0.2) is 52.2 Å². The molecule has 0 aromatic heterocycles. The summed E-state index contributed by atoms with van der Waals surface area (Å²) in [4.78, 5) is 0. The fourth-order valence-electron chi connectivity index (χ4n) is 6.03. The summed E-state index contributed by atoms with van der Waals surface area (Å²) in [6, 6.07) is 0. The Morgan fingerprint density at radius 2 is 0.604 bits per heavy atom. The van der Waals surface area contributed by atoms with E-state index in [9.17, 15) is 0 Å². The minimum absolute atomic E-state index is 0.456. The van der Waals surface area contributed by atoms with Crippen molar-refractivity contribution in [3.8, 4) is 0 Å². The van der Waals surface area contributed by atoms with E-state index in [0.29, 0.717) is 51.2 Å². The average Bonchev–Trinajstić information content (AvgIpc) is 3.16. The van der Waals surface area contributed by atoms with E-state index in [1.165, 1.54) is 89.9 Å². The molecule has 53 heavy (non-hydrogen) atoms. The number of ether oxygens (including phenoxy) is 7. The summed E-state index contributed by atoms with van der Waals surface area (Å²) in [5, 5.41) is 0. The lowest BCUT2D eigenvalue weighted by Gasteiger charge is -2.30. The first-order valence-corrected chi connectivity index (χ1v) is 22.9. The van der Waals surface area contributed by atoms with Crippen molar-refractivity contribution >= 4 is 0 Å². The Morgan fingerprint density at radius 3 is 0.906 bits per heavy atom. The lowest BCUT2D eigenvalue weighted by molar-refractivity contribution is -0.240. The molecule has 0 heterocycles. The van der Waals surface area contributed by atoms with Crippen molar-refractivity contribution in [3.05, 3.63) is 23.0 Å². The minimum Gasteiger partial charge on any atom is -0.494 e. The van der Waals surface area contributed by atoms with Crippen LogP contribution in [0.4, 0.5) is 0 Å². The summed E-state index contributed by atoms with van der Waals surface area (Å²) < 4.78 is 46.0. The molecule has 7 nitrogen and oxygen atoms in total. The molecule has 0 fully saturated rings. The molecule has 0 bridgehead atoms. The van der Waals surface area contributed by atoms with Gasteiger partial charge in [-0.3, -0.25) is 0 Å². The summed E-state index contributed by atoms with van der Waals surface area (Å²) in [6.07, 6.45) is 28.2. The second-order valence-electron chi connectivity index (χ2n) is 14.5. The molecule has 0 aliphatic rings. The fourth-order valence-corrected chi connectivity index (χ4v) is 6.03. The maximum atomic E-state index is 6.89. The van der Waals surface area contributed by atoms with Gasteiger partial charge < -0.3 is 33.2 Å². The molecule has 2 unspecified atom stereocenters. The molecule has 0 aliphatic heterocycles. The molecule has 2 atom stereocenters. The lowest BCUT2D eigenvalue weighted by atomic mass is 10.1. The molecular weight excluding hydrogens is 664 g/mol. The predicted molar refractivity (Wildman–Crippen MR) is 224 cm³/mol. The topological polar surface area (TPSA) is 64.6 Å². The van der Waals surface area contributed by atoms with Gasteiger partial charge in [0.05, 0.1) is 26.4 Å². The van der Waals surface area contributed by atoms with E-state index >= 15 is 0 Å². The van der Waals surface area contributed by atoms with E-state index in [0.717, 1.165) is 88.6 Å². The van der Waals surface area contributed by atoms with Crippen LogP contribution in [0.3, 0.4) is 0 Å². The predicted octanol–water partition coefficient (Wildman–Crippen LogP) is 14.5. The van der Waals surface area contributed by atoms with Crippen LogP contribution in [0, 0.1) is 0 Å². The normalized spacial score (nSPS) is 13.7. The average molecular weight is 755 g/mol. The second-order valence-corrected chi connectivity index (χ2v) is 14.5. The number of hydrogen-bond acceptors (Lipinski definition) is 7. The molecule has 316 valence electrons. The highest BCUT2D eigenvalue weighted by Gasteiger charge is 2.32. The SMILES string of the molecule is CCCCCCCCCCC(OCCCC)=C(OCCCC)C(OCC)OC(OCC)C(OCCCC)=C(CCCCCCCCCC)OCCCC. The summed E-state index contributed by atoms with van der Waals surface area (Å²) in [5.41, 5.74) is 0. The monoisotopic (exact) mass is 755 g/mol. The zero-order valence-corrected chi connectivity index (χ0v) is 36.6. The molecule has 0 aliphatic carbocycles. The minimum atomic E-state index is -0.802. The van der Waals surface area contributed by atoms with Crippen LogP contribution in [0.25, 0.3) is 0 Å². The third-order valence-corrected chi connectivity index (χ3v) is 9.44. The van der Waals surface area contributed by atoms with Crippen molar-refractivity contribution in [3.63, 3.8) is 0 Å².